The van der Waals surface area contributed by atoms with Crippen LogP contribution in [-0.4, -0.2) is 49.0 Å². The smallest absolute Gasteiger partial charge is 0.343 e. The van der Waals surface area contributed by atoms with Gasteiger partial charge in [-0.2, -0.15) is 0 Å². The summed E-state index contributed by atoms with van der Waals surface area (Å²) in [7, 11) is 0. The Morgan fingerprint density at radius 1 is 0.946 bits per heavy atom. The Labute approximate surface area is 214 Å². The highest BCUT2D eigenvalue weighted by Crippen LogP contribution is 2.19. The number of hydrogen-bond donors (Lipinski definition) is 3. The van der Waals surface area contributed by atoms with Crippen LogP contribution in [0, 0.1) is 0 Å². The summed E-state index contributed by atoms with van der Waals surface area (Å²) in [6.07, 6.45) is 2.76. The van der Waals surface area contributed by atoms with Crippen LogP contribution in [-0.2, 0) is 23.9 Å². The minimum atomic E-state index is -0.993. The molecule has 0 aliphatic carbocycles. The molecule has 2 aromatic carbocycles. The molecule has 196 valence electrons. The van der Waals surface area contributed by atoms with Crippen molar-refractivity contribution in [1.82, 2.24) is 5.32 Å². The van der Waals surface area contributed by atoms with Crippen LogP contribution in [0.4, 0.5) is 5.69 Å². The van der Waals surface area contributed by atoms with Gasteiger partial charge >= 0.3 is 17.9 Å². The molecule has 2 rings (SSSR count). The van der Waals surface area contributed by atoms with Crippen molar-refractivity contribution in [2.45, 2.75) is 32.7 Å². The normalized spacial score (nSPS) is 11.3. The van der Waals surface area contributed by atoms with E-state index in [0.29, 0.717) is 22.6 Å². The number of benzene rings is 2. The van der Waals surface area contributed by atoms with Crippen molar-refractivity contribution in [3.05, 3.63) is 65.7 Å². The lowest BCUT2D eigenvalue weighted by atomic mass is 10.1. The molecular formula is C26H30N4O7. The van der Waals surface area contributed by atoms with Crippen molar-refractivity contribution in [1.29, 1.82) is 0 Å². The van der Waals surface area contributed by atoms with Gasteiger partial charge in [-0.25, -0.2) is 14.6 Å². The molecule has 0 bridgehead atoms. The molecule has 1 amide bonds. The van der Waals surface area contributed by atoms with Gasteiger partial charge in [-0.3, -0.25) is 9.59 Å². The Bertz CT molecular complexity index is 1140. The molecule has 0 radical (unpaired) electrons. The second kappa shape index (κ2) is 14.7. The number of ether oxygens (including phenoxy) is 3. The first-order chi connectivity index (χ1) is 17.7. The van der Waals surface area contributed by atoms with Crippen LogP contribution in [0.15, 0.2) is 59.6 Å². The molecule has 0 spiro atoms. The van der Waals surface area contributed by atoms with Crippen LogP contribution in [0.25, 0.3) is 6.08 Å². The highest BCUT2D eigenvalue weighted by Gasteiger charge is 2.22. The Morgan fingerprint density at radius 3 is 2.19 bits per heavy atom. The standard InChI is InChI=1S/C26H30N4O7/c1-3-35-23(32)16-14-21(25(34)36-4-2)30-22(31)15-7-17-5-8-18(9-6-17)24(33)37-20-12-10-19(11-13-20)29-26(27)28/h5-13,15,21H,3-4,14,16H2,1-2H3,(H,30,31)(H4,27,28,29). The minimum absolute atomic E-state index is 0.0424. The summed E-state index contributed by atoms with van der Waals surface area (Å²) in [5.74, 6) is -1.98. The Balaban J connectivity index is 1.95. The first kappa shape index (κ1) is 28.6. The molecule has 37 heavy (non-hydrogen) atoms. The molecule has 11 heteroatoms. The molecule has 1 unspecified atom stereocenters. The van der Waals surface area contributed by atoms with Crippen LogP contribution in [0.1, 0.15) is 42.6 Å². The van der Waals surface area contributed by atoms with E-state index >= 15 is 0 Å². The zero-order valence-electron chi connectivity index (χ0n) is 20.6. The summed E-state index contributed by atoms with van der Waals surface area (Å²) < 4.78 is 15.2. The van der Waals surface area contributed by atoms with E-state index in [2.05, 4.69) is 10.3 Å². The molecular weight excluding hydrogens is 480 g/mol. The summed E-state index contributed by atoms with van der Waals surface area (Å²) in [6.45, 7) is 3.69. The maximum atomic E-state index is 12.4. The number of nitrogens with two attached hydrogens (primary N) is 2. The summed E-state index contributed by atoms with van der Waals surface area (Å²) in [6, 6.07) is 11.7. The second-order valence-electron chi connectivity index (χ2n) is 7.53. The van der Waals surface area contributed by atoms with Crippen LogP contribution in [0.2, 0.25) is 0 Å². The van der Waals surface area contributed by atoms with Crippen molar-refractivity contribution < 1.29 is 33.4 Å². The number of hydrogen-bond acceptors (Lipinski definition) is 8. The average molecular weight is 511 g/mol. The zero-order chi connectivity index (χ0) is 27.2. The number of guanidine groups is 1. The predicted octanol–water partition coefficient (Wildman–Crippen LogP) is 2.22. The third-order valence-corrected chi connectivity index (χ3v) is 4.71. The summed E-state index contributed by atoms with van der Waals surface area (Å²) in [5.41, 5.74) is 12.1. The molecule has 0 saturated carbocycles. The van der Waals surface area contributed by atoms with E-state index < -0.39 is 29.9 Å². The predicted molar refractivity (Wildman–Crippen MR) is 137 cm³/mol. The largest absolute Gasteiger partial charge is 0.466 e. The number of rotatable bonds is 12. The van der Waals surface area contributed by atoms with Gasteiger partial charge in [0, 0.05) is 12.5 Å². The van der Waals surface area contributed by atoms with Crippen LogP contribution in [0.5, 0.6) is 5.75 Å². The van der Waals surface area contributed by atoms with E-state index in [4.69, 9.17) is 25.7 Å². The van der Waals surface area contributed by atoms with E-state index in [0.717, 1.165) is 0 Å². The van der Waals surface area contributed by atoms with Gasteiger partial charge in [-0.05, 0) is 68.3 Å². The fourth-order valence-electron chi connectivity index (χ4n) is 3.01. The van der Waals surface area contributed by atoms with E-state index in [1.54, 1.807) is 62.4 Å². The number of carbonyl (C=O) groups excluding carboxylic acids is 4. The maximum absolute atomic E-state index is 12.4. The van der Waals surface area contributed by atoms with Crippen LogP contribution < -0.4 is 21.5 Å². The molecule has 0 aromatic heterocycles. The summed E-state index contributed by atoms with van der Waals surface area (Å²) in [5, 5.41) is 2.54. The van der Waals surface area contributed by atoms with Crippen molar-refractivity contribution in [3.8, 4) is 5.75 Å². The van der Waals surface area contributed by atoms with Gasteiger partial charge in [0.15, 0.2) is 5.96 Å². The SMILES string of the molecule is CCOC(=O)CCC(NC(=O)C=Cc1ccc(C(=O)Oc2ccc(N=C(N)N)cc2)cc1)C(=O)OCC. The number of carbonyl (C=O) groups is 4. The molecule has 0 saturated heterocycles. The number of nitrogens with zero attached hydrogens (tertiary/aromatic N) is 1. The van der Waals surface area contributed by atoms with E-state index in [-0.39, 0.29) is 32.0 Å². The summed E-state index contributed by atoms with van der Waals surface area (Å²) >= 11 is 0. The molecule has 0 aliphatic heterocycles. The van der Waals surface area contributed by atoms with Gasteiger partial charge < -0.3 is 31.0 Å². The average Bonchev–Trinajstić information content (AvgIpc) is 2.86. The molecule has 0 heterocycles. The molecule has 11 nitrogen and oxygen atoms in total. The van der Waals surface area contributed by atoms with Gasteiger partial charge in [0.05, 0.1) is 24.5 Å². The highest BCUT2D eigenvalue weighted by atomic mass is 16.5. The lowest BCUT2D eigenvalue weighted by Gasteiger charge is -2.16. The molecule has 1 atom stereocenters. The topological polar surface area (TPSA) is 172 Å². The monoisotopic (exact) mass is 510 g/mol. The van der Waals surface area contributed by atoms with E-state index in [1.165, 1.54) is 12.2 Å². The highest BCUT2D eigenvalue weighted by molar-refractivity contribution is 5.95. The lowest BCUT2D eigenvalue weighted by Crippen LogP contribution is -2.41. The molecule has 2 aromatic rings. The van der Waals surface area contributed by atoms with E-state index in [1.807, 2.05) is 0 Å². The third kappa shape index (κ3) is 10.2. The van der Waals surface area contributed by atoms with Crippen LogP contribution in [0.3, 0.4) is 0 Å². The maximum Gasteiger partial charge on any atom is 0.343 e. The lowest BCUT2D eigenvalue weighted by molar-refractivity contribution is -0.148. The molecule has 0 fully saturated rings. The van der Waals surface area contributed by atoms with Crippen molar-refractivity contribution in [2.75, 3.05) is 13.2 Å². The molecule has 0 aliphatic rings. The van der Waals surface area contributed by atoms with Crippen molar-refractivity contribution >= 4 is 41.5 Å². The first-order valence-corrected chi connectivity index (χ1v) is 11.5. The van der Waals surface area contributed by atoms with E-state index in [9.17, 15) is 19.2 Å². The van der Waals surface area contributed by atoms with Gasteiger partial charge in [0.2, 0.25) is 5.91 Å². The minimum Gasteiger partial charge on any atom is -0.466 e. The van der Waals surface area contributed by atoms with Crippen molar-refractivity contribution in [3.63, 3.8) is 0 Å². The quantitative estimate of drug-likeness (QED) is 0.127. The number of esters is 3. The van der Waals surface area contributed by atoms with Crippen molar-refractivity contribution in [2.24, 2.45) is 16.5 Å². The third-order valence-electron chi connectivity index (χ3n) is 4.71. The number of aliphatic imine (C=N–C) groups is 1. The Hall–Kier alpha value is -4.67. The zero-order valence-corrected chi connectivity index (χ0v) is 20.6. The fraction of sp³-hybridized carbons (Fsp3) is 0.269. The summed E-state index contributed by atoms with van der Waals surface area (Å²) in [4.78, 5) is 52.4. The Kier molecular flexibility index (Phi) is 11.3. The van der Waals surface area contributed by atoms with Gasteiger partial charge in [0.25, 0.3) is 0 Å². The Morgan fingerprint density at radius 2 is 1.59 bits per heavy atom. The fourth-order valence-corrected chi connectivity index (χ4v) is 3.01. The number of nitrogens with one attached hydrogen (secondary N) is 1. The van der Waals surface area contributed by atoms with Gasteiger partial charge in [-0.1, -0.05) is 12.1 Å². The number of amides is 1. The van der Waals surface area contributed by atoms with Crippen LogP contribution >= 0.6 is 0 Å². The molecule has 5 N–H and O–H groups in total. The first-order valence-electron chi connectivity index (χ1n) is 11.5. The van der Waals surface area contributed by atoms with Gasteiger partial charge in [-0.15, -0.1) is 0 Å². The second-order valence-corrected chi connectivity index (χ2v) is 7.53. The van der Waals surface area contributed by atoms with Gasteiger partial charge in [0.1, 0.15) is 11.8 Å².